The highest BCUT2D eigenvalue weighted by Gasteiger charge is 2.30. The van der Waals surface area contributed by atoms with Gasteiger partial charge in [-0.2, -0.15) is 0 Å². The summed E-state index contributed by atoms with van der Waals surface area (Å²) in [5, 5.41) is 3.26. The third-order valence-electron chi connectivity index (χ3n) is 3.94. The highest BCUT2D eigenvalue weighted by atomic mass is 19.1. The number of morpholine rings is 1. The zero-order valence-electron chi connectivity index (χ0n) is 13.1. The predicted octanol–water partition coefficient (Wildman–Crippen LogP) is 3.87. The Labute approximate surface area is 138 Å². The van der Waals surface area contributed by atoms with Crippen LogP contribution in [0.5, 0.6) is 0 Å². The Morgan fingerprint density at radius 1 is 1.04 bits per heavy atom. The minimum atomic E-state index is -0.654. The fourth-order valence-electron chi connectivity index (χ4n) is 2.73. The van der Waals surface area contributed by atoms with Crippen LogP contribution < -0.4 is 5.32 Å². The Morgan fingerprint density at radius 2 is 1.71 bits per heavy atom. The molecule has 3 atom stereocenters. The Balaban J connectivity index is 1.76. The summed E-state index contributed by atoms with van der Waals surface area (Å²) in [5.41, 5.74) is 1.21. The fourth-order valence-corrected chi connectivity index (χ4v) is 2.73. The fraction of sp³-hybridized carbons (Fsp3) is 0.333. The van der Waals surface area contributed by atoms with Crippen molar-refractivity contribution in [2.75, 3.05) is 13.2 Å². The standard InChI is InChI=1S/C18H18F3NO2/c1-11(13-8-15(20)10-16(21)9-13)24-18-17(22-6-7-23-18)12-2-4-14(19)5-3-12/h2-5,8-11,17-18,22H,6-7H2,1H3/t11-,17+,18-/m1/s1. The van der Waals surface area contributed by atoms with Crippen LogP contribution in [-0.4, -0.2) is 19.4 Å². The molecule has 2 aromatic carbocycles. The smallest absolute Gasteiger partial charge is 0.177 e. The minimum absolute atomic E-state index is 0.291. The van der Waals surface area contributed by atoms with E-state index >= 15 is 0 Å². The lowest BCUT2D eigenvalue weighted by Gasteiger charge is -2.34. The van der Waals surface area contributed by atoms with E-state index in [0.717, 1.165) is 11.6 Å². The maximum Gasteiger partial charge on any atom is 0.177 e. The molecule has 0 radical (unpaired) electrons. The van der Waals surface area contributed by atoms with Gasteiger partial charge in [0.1, 0.15) is 17.5 Å². The summed E-state index contributed by atoms with van der Waals surface area (Å²) in [6.45, 7) is 2.78. The average Bonchev–Trinajstić information content (AvgIpc) is 2.55. The average molecular weight is 337 g/mol. The summed E-state index contributed by atoms with van der Waals surface area (Å²) in [6.07, 6.45) is -1.21. The van der Waals surface area contributed by atoms with E-state index in [1.807, 2.05) is 0 Å². The molecule has 1 fully saturated rings. The Kier molecular flexibility index (Phi) is 5.18. The third-order valence-corrected chi connectivity index (χ3v) is 3.94. The molecule has 128 valence electrons. The van der Waals surface area contributed by atoms with Gasteiger partial charge in [-0.1, -0.05) is 12.1 Å². The van der Waals surface area contributed by atoms with Crippen molar-refractivity contribution in [3.8, 4) is 0 Å². The van der Waals surface area contributed by atoms with Crippen LogP contribution in [0.15, 0.2) is 42.5 Å². The lowest BCUT2D eigenvalue weighted by atomic mass is 10.0. The summed E-state index contributed by atoms with van der Waals surface area (Å²) in [6, 6.07) is 9.04. The van der Waals surface area contributed by atoms with Crippen molar-refractivity contribution < 1.29 is 22.6 Å². The van der Waals surface area contributed by atoms with Gasteiger partial charge >= 0.3 is 0 Å². The zero-order chi connectivity index (χ0) is 17.1. The van der Waals surface area contributed by atoms with Gasteiger partial charge in [-0.25, -0.2) is 13.2 Å². The van der Waals surface area contributed by atoms with Crippen LogP contribution >= 0.6 is 0 Å². The van der Waals surface area contributed by atoms with Crippen molar-refractivity contribution >= 4 is 0 Å². The highest BCUT2D eigenvalue weighted by Crippen LogP contribution is 2.29. The molecule has 1 aliphatic rings. The largest absolute Gasteiger partial charge is 0.349 e. The molecule has 0 saturated carbocycles. The minimum Gasteiger partial charge on any atom is -0.349 e. The zero-order valence-corrected chi connectivity index (χ0v) is 13.1. The summed E-state index contributed by atoms with van der Waals surface area (Å²) < 4.78 is 51.4. The van der Waals surface area contributed by atoms with Gasteiger partial charge in [0.15, 0.2) is 6.29 Å². The second kappa shape index (κ2) is 7.34. The van der Waals surface area contributed by atoms with E-state index in [1.54, 1.807) is 19.1 Å². The summed E-state index contributed by atoms with van der Waals surface area (Å²) in [5.74, 6) is -1.63. The number of hydrogen-bond donors (Lipinski definition) is 1. The van der Waals surface area contributed by atoms with E-state index < -0.39 is 24.0 Å². The van der Waals surface area contributed by atoms with E-state index in [4.69, 9.17) is 9.47 Å². The van der Waals surface area contributed by atoms with Crippen LogP contribution in [0.1, 0.15) is 30.2 Å². The lowest BCUT2D eigenvalue weighted by Crippen LogP contribution is -2.43. The summed E-state index contributed by atoms with van der Waals surface area (Å²) >= 11 is 0. The maximum absolute atomic E-state index is 13.4. The molecule has 1 heterocycles. The first-order valence-corrected chi connectivity index (χ1v) is 7.75. The first-order chi connectivity index (χ1) is 11.5. The van der Waals surface area contributed by atoms with Gasteiger partial charge < -0.3 is 14.8 Å². The number of nitrogens with one attached hydrogen (secondary N) is 1. The number of rotatable bonds is 4. The first-order valence-electron chi connectivity index (χ1n) is 7.75. The highest BCUT2D eigenvalue weighted by molar-refractivity contribution is 5.22. The summed E-state index contributed by atoms with van der Waals surface area (Å²) in [7, 11) is 0. The van der Waals surface area contributed by atoms with E-state index in [2.05, 4.69) is 5.32 Å². The molecule has 2 aromatic rings. The van der Waals surface area contributed by atoms with Crippen LogP contribution in [0.4, 0.5) is 13.2 Å². The van der Waals surface area contributed by atoms with Crippen molar-refractivity contribution in [1.29, 1.82) is 0 Å². The van der Waals surface area contributed by atoms with Gasteiger partial charge in [-0.05, 0) is 42.3 Å². The van der Waals surface area contributed by atoms with Crippen LogP contribution in [0, 0.1) is 17.5 Å². The third kappa shape index (κ3) is 3.95. The number of ether oxygens (including phenoxy) is 2. The number of hydrogen-bond acceptors (Lipinski definition) is 3. The van der Waals surface area contributed by atoms with Gasteiger partial charge in [0, 0.05) is 12.6 Å². The van der Waals surface area contributed by atoms with E-state index in [1.165, 1.54) is 24.3 Å². The topological polar surface area (TPSA) is 30.5 Å². The molecule has 0 amide bonds. The van der Waals surface area contributed by atoms with Crippen molar-refractivity contribution in [1.82, 2.24) is 5.32 Å². The molecule has 3 nitrogen and oxygen atoms in total. The Morgan fingerprint density at radius 3 is 2.38 bits per heavy atom. The van der Waals surface area contributed by atoms with Crippen LogP contribution in [0.25, 0.3) is 0 Å². The van der Waals surface area contributed by atoms with Crippen LogP contribution in [0.3, 0.4) is 0 Å². The second-order valence-electron chi connectivity index (χ2n) is 5.70. The van der Waals surface area contributed by atoms with Crippen LogP contribution in [0.2, 0.25) is 0 Å². The number of halogens is 3. The second-order valence-corrected chi connectivity index (χ2v) is 5.70. The van der Waals surface area contributed by atoms with E-state index in [-0.39, 0.29) is 11.9 Å². The van der Waals surface area contributed by atoms with Gasteiger partial charge in [-0.15, -0.1) is 0 Å². The molecule has 1 N–H and O–H groups in total. The molecule has 0 spiro atoms. The molecular formula is C18H18F3NO2. The summed E-state index contributed by atoms with van der Waals surface area (Å²) in [4.78, 5) is 0. The monoisotopic (exact) mass is 337 g/mol. The van der Waals surface area contributed by atoms with E-state index in [9.17, 15) is 13.2 Å². The van der Waals surface area contributed by atoms with E-state index in [0.29, 0.717) is 18.7 Å². The predicted molar refractivity (Wildman–Crippen MR) is 82.7 cm³/mol. The molecule has 0 bridgehead atoms. The quantitative estimate of drug-likeness (QED) is 0.919. The van der Waals surface area contributed by atoms with Crippen LogP contribution in [-0.2, 0) is 9.47 Å². The van der Waals surface area contributed by atoms with Crippen molar-refractivity contribution in [2.24, 2.45) is 0 Å². The molecule has 0 aromatic heterocycles. The SMILES string of the molecule is C[C@@H](O[C@H]1OCCN[C@H]1c1ccc(F)cc1)c1cc(F)cc(F)c1. The molecule has 1 saturated heterocycles. The molecule has 0 aliphatic carbocycles. The molecule has 0 unspecified atom stereocenters. The molecule has 6 heteroatoms. The molecule has 24 heavy (non-hydrogen) atoms. The molecule has 3 rings (SSSR count). The molecular weight excluding hydrogens is 319 g/mol. The van der Waals surface area contributed by atoms with Crippen molar-refractivity contribution in [3.63, 3.8) is 0 Å². The van der Waals surface area contributed by atoms with Crippen molar-refractivity contribution in [2.45, 2.75) is 25.4 Å². The van der Waals surface area contributed by atoms with Gasteiger partial charge in [0.05, 0.1) is 18.8 Å². The molecule has 1 aliphatic heterocycles. The van der Waals surface area contributed by atoms with Crippen molar-refractivity contribution in [3.05, 3.63) is 71.0 Å². The maximum atomic E-state index is 13.4. The normalized spacial score (nSPS) is 22.3. The van der Waals surface area contributed by atoms with Gasteiger partial charge in [0.25, 0.3) is 0 Å². The Bertz CT molecular complexity index is 673. The number of benzene rings is 2. The van der Waals surface area contributed by atoms with Gasteiger partial charge in [-0.3, -0.25) is 0 Å². The Hall–Kier alpha value is -1.89. The first kappa shape index (κ1) is 17.0. The lowest BCUT2D eigenvalue weighted by molar-refractivity contribution is -0.200. The van der Waals surface area contributed by atoms with Gasteiger partial charge in [0.2, 0.25) is 0 Å².